The van der Waals surface area contributed by atoms with E-state index in [1.54, 1.807) is 0 Å². The van der Waals surface area contributed by atoms with Gasteiger partial charge >= 0.3 is 0 Å². The second-order valence-electron chi connectivity index (χ2n) is 6.35. The fourth-order valence-corrected chi connectivity index (χ4v) is 3.27. The summed E-state index contributed by atoms with van der Waals surface area (Å²) in [5.41, 5.74) is 6.85. The normalized spacial score (nSPS) is 10.4. The number of nitriles is 1. The van der Waals surface area contributed by atoms with Gasteiger partial charge < -0.3 is 0 Å². The smallest absolute Gasteiger partial charge is 0.0991 e. The minimum atomic E-state index is 0.700. The maximum Gasteiger partial charge on any atom is 0.0991 e. The predicted octanol–water partition coefficient (Wildman–Crippen LogP) is 6.62. The Hall–Kier alpha value is -2.85. The van der Waals surface area contributed by atoms with Gasteiger partial charge in [0, 0.05) is 0 Å². The Morgan fingerprint density at radius 1 is 0.760 bits per heavy atom. The molecular weight excluding hydrogens is 302 g/mol. The fourth-order valence-electron chi connectivity index (χ4n) is 3.27. The second-order valence-corrected chi connectivity index (χ2v) is 6.35. The minimum absolute atomic E-state index is 0.700. The summed E-state index contributed by atoms with van der Waals surface area (Å²) in [7, 11) is 0. The van der Waals surface area contributed by atoms with Crippen molar-refractivity contribution >= 4 is 0 Å². The first-order chi connectivity index (χ1) is 12.3. The molecule has 0 amide bonds. The maximum atomic E-state index is 9.32. The van der Waals surface area contributed by atoms with E-state index in [-0.39, 0.29) is 0 Å². The van der Waals surface area contributed by atoms with Crippen LogP contribution in [0.3, 0.4) is 0 Å². The molecule has 0 aliphatic rings. The van der Waals surface area contributed by atoms with Crippen molar-refractivity contribution < 1.29 is 0 Å². The zero-order valence-corrected chi connectivity index (χ0v) is 14.7. The molecule has 0 aliphatic heterocycles. The number of benzene rings is 3. The van der Waals surface area contributed by atoms with Gasteiger partial charge in [0.15, 0.2) is 0 Å². The van der Waals surface area contributed by atoms with E-state index in [1.807, 2.05) is 30.3 Å². The Morgan fingerprint density at radius 2 is 1.52 bits per heavy atom. The molecule has 0 atom stereocenters. The van der Waals surface area contributed by atoms with Crippen LogP contribution in [0.1, 0.15) is 37.3 Å². The third-order valence-electron chi connectivity index (χ3n) is 4.59. The quantitative estimate of drug-likeness (QED) is 0.467. The van der Waals surface area contributed by atoms with Crippen LogP contribution in [0.15, 0.2) is 72.8 Å². The molecule has 0 saturated carbocycles. The first-order valence-corrected chi connectivity index (χ1v) is 9.01. The molecule has 3 rings (SSSR count). The molecule has 3 aromatic rings. The Kier molecular flexibility index (Phi) is 5.65. The zero-order chi connectivity index (χ0) is 17.5. The molecule has 0 fully saturated rings. The van der Waals surface area contributed by atoms with Crippen LogP contribution in [0, 0.1) is 11.3 Å². The topological polar surface area (TPSA) is 23.8 Å². The van der Waals surface area contributed by atoms with Crippen molar-refractivity contribution in [2.75, 3.05) is 0 Å². The average molecular weight is 325 g/mol. The number of aryl methyl sites for hydroxylation is 1. The van der Waals surface area contributed by atoms with E-state index in [9.17, 15) is 5.26 Å². The second kappa shape index (κ2) is 8.31. The lowest BCUT2D eigenvalue weighted by atomic mass is 9.89. The molecule has 0 spiro atoms. The molecule has 0 aromatic heterocycles. The fraction of sp³-hybridized carbons (Fsp3) is 0.208. The van der Waals surface area contributed by atoms with Gasteiger partial charge in [0.25, 0.3) is 0 Å². The van der Waals surface area contributed by atoms with Crippen LogP contribution in [0.5, 0.6) is 0 Å². The number of hydrogen-bond donors (Lipinski definition) is 0. The van der Waals surface area contributed by atoms with Crippen molar-refractivity contribution in [3.8, 4) is 28.3 Å². The van der Waals surface area contributed by atoms with E-state index in [0.717, 1.165) is 17.5 Å². The van der Waals surface area contributed by atoms with E-state index in [4.69, 9.17) is 0 Å². The lowest BCUT2D eigenvalue weighted by Gasteiger charge is -2.15. The van der Waals surface area contributed by atoms with Crippen LogP contribution in [0.4, 0.5) is 0 Å². The van der Waals surface area contributed by atoms with Crippen molar-refractivity contribution in [3.05, 3.63) is 83.9 Å². The first kappa shape index (κ1) is 17.0. The summed E-state index contributed by atoms with van der Waals surface area (Å²) >= 11 is 0. The van der Waals surface area contributed by atoms with E-state index < -0.39 is 0 Å². The van der Waals surface area contributed by atoms with Gasteiger partial charge in [-0.15, -0.1) is 0 Å². The molecule has 25 heavy (non-hydrogen) atoms. The van der Waals surface area contributed by atoms with Gasteiger partial charge in [-0.3, -0.25) is 0 Å². The number of hydrogen-bond acceptors (Lipinski definition) is 1. The van der Waals surface area contributed by atoms with Gasteiger partial charge in [0.1, 0.15) is 0 Å². The number of nitrogens with zero attached hydrogens (tertiary/aromatic N) is 1. The monoisotopic (exact) mass is 325 g/mol. The van der Waals surface area contributed by atoms with E-state index >= 15 is 0 Å². The largest absolute Gasteiger partial charge is 0.192 e. The SMILES string of the molecule is CCCCCc1ccccc1-c1ccc(C#N)cc1-c1ccccc1. The van der Waals surface area contributed by atoms with E-state index in [2.05, 4.69) is 55.5 Å². The van der Waals surface area contributed by atoms with Crippen LogP contribution >= 0.6 is 0 Å². The summed E-state index contributed by atoms with van der Waals surface area (Å²) in [6, 6.07) is 27.3. The van der Waals surface area contributed by atoms with Crippen molar-refractivity contribution in [1.29, 1.82) is 5.26 Å². The highest BCUT2D eigenvalue weighted by Gasteiger charge is 2.11. The van der Waals surface area contributed by atoms with Crippen LogP contribution < -0.4 is 0 Å². The summed E-state index contributed by atoms with van der Waals surface area (Å²) < 4.78 is 0. The molecule has 0 saturated heterocycles. The van der Waals surface area contributed by atoms with Crippen LogP contribution in [-0.2, 0) is 6.42 Å². The Balaban J connectivity index is 2.11. The van der Waals surface area contributed by atoms with Crippen molar-refractivity contribution in [2.45, 2.75) is 32.6 Å². The molecule has 124 valence electrons. The molecule has 0 heterocycles. The van der Waals surface area contributed by atoms with Crippen molar-refractivity contribution in [3.63, 3.8) is 0 Å². The van der Waals surface area contributed by atoms with E-state index in [0.29, 0.717) is 5.56 Å². The summed E-state index contributed by atoms with van der Waals surface area (Å²) in [6.07, 6.45) is 4.80. The van der Waals surface area contributed by atoms with E-state index in [1.165, 1.54) is 36.0 Å². The van der Waals surface area contributed by atoms with Crippen LogP contribution in [-0.4, -0.2) is 0 Å². The third kappa shape index (κ3) is 3.98. The lowest BCUT2D eigenvalue weighted by Crippen LogP contribution is -1.93. The van der Waals surface area contributed by atoms with Gasteiger partial charge in [-0.25, -0.2) is 0 Å². The van der Waals surface area contributed by atoms with Crippen molar-refractivity contribution in [1.82, 2.24) is 0 Å². The summed E-state index contributed by atoms with van der Waals surface area (Å²) in [5, 5.41) is 9.32. The highest BCUT2D eigenvalue weighted by molar-refractivity contribution is 5.85. The first-order valence-electron chi connectivity index (χ1n) is 9.01. The summed E-state index contributed by atoms with van der Waals surface area (Å²) in [4.78, 5) is 0. The molecule has 1 heteroatoms. The Labute approximate surface area is 150 Å². The summed E-state index contributed by atoms with van der Waals surface area (Å²) in [5.74, 6) is 0. The van der Waals surface area contributed by atoms with Crippen LogP contribution in [0.2, 0.25) is 0 Å². The van der Waals surface area contributed by atoms with Crippen molar-refractivity contribution in [2.24, 2.45) is 0 Å². The molecule has 0 radical (unpaired) electrons. The summed E-state index contributed by atoms with van der Waals surface area (Å²) in [6.45, 7) is 2.24. The molecule has 1 nitrogen and oxygen atoms in total. The molecule has 0 bridgehead atoms. The maximum absolute atomic E-state index is 9.32. The standard InChI is InChI=1S/C24H23N/c1-2-3-5-10-20-13-8-9-14-22(20)23-16-15-19(18-25)17-24(23)21-11-6-4-7-12-21/h4,6-9,11-17H,2-3,5,10H2,1H3. The third-order valence-corrected chi connectivity index (χ3v) is 4.59. The van der Waals surface area contributed by atoms with Gasteiger partial charge in [-0.05, 0) is 52.8 Å². The van der Waals surface area contributed by atoms with Gasteiger partial charge in [-0.1, -0.05) is 80.4 Å². The molecule has 0 unspecified atom stereocenters. The lowest BCUT2D eigenvalue weighted by molar-refractivity contribution is 0.718. The van der Waals surface area contributed by atoms with Gasteiger partial charge in [0.2, 0.25) is 0 Å². The van der Waals surface area contributed by atoms with Gasteiger partial charge in [0.05, 0.1) is 11.6 Å². The molecule has 0 N–H and O–H groups in total. The average Bonchev–Trinajstić information content (AvgIpc) is 2.69. The number of unbranched alkanes of at least 4 members (excludes halogenated alkanes) is 2. The minimum Gasteiger partial charge on any atom is -0.192 e. The van der Waals surface area contributed by atoms with Crippen LogP contribution in [0.25, 0.3) is 22.3 Å². The zero-order valence-electron chi connectivity index (χ0n) is 14.7. The Morgan fingerprint density at radius 3 is 2.28 bits per heavy atom. The Bertz CT molecular complexity index is 872. The highest BCUT2D eigenvalue weighted by atomic mass is 14.2. The number of rotatable bonds is 6. The molecule has 0 aliphatic carbocycles. The predicted molar refractivity (Wildman–Crippen MR) is 105 cm³/mol. The molecular formula is C24H23N. The molecule has 3 aromatic carbocycles. The highest BCUT2D eigenvalue weighted by Crippen LogP contribution is 2.35. The van der Waals surface area contributed by atoms with Gasteiger partial charge in [-0.2, -0.15) is 5.26 Å².